The van der Waals surface area contributed by atoms with E-state index in [0.717, 1.165) is 16.5 Å². The molecule has 0 amide bonds. The van der Waals surface area contributed by atoms with Crippen LogP contribution in [-0.2, 0) is 23.4 Å². The van der Waals surface area contributed by atoms with Gasteiger partial charge in [0.25, 0.3) is 0 Å². The molecule has 0 bridgehead atoms. The van der Waals surface area contributed by atoms with Crippen LogP contribution in [0.2, 0.25) is 0 Å². The van der Waals surface area contributed by atoms with E-state index in [1.807, 2.05) is 0 Å². The maximum atomic E-state index is 13.6. The Labute approximate surface area is 144 Å². The number of rotatable bonds is 4. The number of nitrogens with zero attached hydrogens (tertiary/aromatic N) is 4. The molecule has 0 aliphatic carbocycles. The maximum Gasteiger partial charge on any atom is 0.416 e. The van der Waals surface area contributed by atoms with Crippen LogP contribution in [0.3, 0.4) is 0 Å². The van der Waals surface area contributed by atoms with Gasteiger partial charge >= 0.3 is 12.1 Å². The van der Waals surface area contributed by atoms with Gasteiger partial charge in [-0.15, -0.1) is 10.2 Å². The van der Waals surface area contributed by atoms with E-state index in [9.17, 15) is 22.0 Å². The van der Waals surface area contributed by atoms with Crippen LogP contribution in [-0.4, -0.2) is 26.7 Å². The largest absolute Gasteiger partial charge is 0.416 e. The molecule has 5 nitrogen and oxygen atoms in total. The van der Waals surface area contributed by atoms with Crippen LogP contribution in [0.1, 0.15) is 23.9 Å². The molecule has 0 aliphatic rings. The van der Waals surface area contributed by atoms with Gasteiger partial charge < -0.3 is 4.74 Å². The fourth-order valence-corrected chi connectivity index (χ4v) is 2.53. The molecule has 3 aromatic rings. The molecule has 1 aromatic carbocycles. The Bertz CT molecular complexity index is 946. The third-order valence-corrected chi connectivity index (χ3v) is 3.69. The topological polar surface area (TPSA) is 52.3 Å². The number of hydrogen-bond acceptors (Lipinski definition) is 4. The Balaban J connectivity index is 2.16. The molecule has 26 heavy (non-hydrogen) atoms. The second-order valence-electron chi connectivity index (χ2n) is 5.72. The molecule has 0 atom stereocenters. The Morgan fingerprint density at radius 2 is 1.85 bits per heavy atom. The molecule has 0 unspecified atom stereocenters. The van der Waals surface area contributed by atoms with Gasteiger partial charge in [-0.05, 0) is 17.7 Å². The number of alkyl halides is 5. The third-order valence-electron chi connectivity index (χ3n) is 3.69. The van der Waals surface area contributed by atoms with Gasteiger partial charge in [-0.3, -0.25) is 9.38 Å². The monoisotopic (exact) mass is 372 g/mol. The zero-order valence-corrected chi connectivity index (χ0v) is 13.7. The van der Waals surface area contributed by atoms with Crippen molar-refractivity contribution in [2.45, 2.75) is 25.6 Å². The summed E-state index contributed by atoms with van der Waals surface area (Å²) in [7, 11) is 1.34. The van der Waals surface area contributed by atoms with E-state index >= 15 is 0 Å². The SMILES string of the molecule is COCc1cc(C(F)(F)F)ccc1-c1cn2c(C(C)(F)F)nnc2cn1. The lowest BCUT2D eigenvalue weighted by atomic mass is 10.0. The number of fused-ring (bicyclic) bond motifs is 1. The Hall–Kier alpha value is -2.62. The number of methoxy groups -OCH3 is 1. The molecule has 2 aromatic heterocycles. The molecule has 0 fully saturated rings. The van der Waals surface area contributed by atoms with Crippen molar-refractivity contribution in [3.05, 3.63) is 47.5 Å². The van der Waals surface area contributed by atoms with Crippen molar-refractivity contribution in [2.24, 2.45) is 0 Å². The fraction of sp³-hybridized carbons (Fsp3) is 0.312. The molecule has 3 rings (SSSR count). The van der Waals surface area contributed by atoms with Gasteiger partial charge in [0, 0.05) is 25.8 Å². The van der Waals surface area contributed by atoms with E-state index in [0.29, 0.717) is 12.5 Å². The molecule has 0 aliphatic heterocycles. The van der Waals surface area contributed by atoms with Gasteiger partial charge in [0.05, 0.1) is 24.1 Å². The maximum absolute atomic E-state index is 13.6. The lowest BCUT2D eigenvalue weighted by molar-refractivity contribution is -0.137. The highest BCUT2D eigenvalue weighted by Crippen LogP contribution is 2.34. The van der Waals surface area contributed by atoms with Crippen molar-refractivity contribution in [3.63, 3.8) is 0 Å². The average molecular weight is 372 g/mol. The number of ether oxygens (including phenoxy) is 1. The van der Waals surface area contributed by atoms with Crippen molar-refractivity contribution in [1.29, 1.82) is 0 Å². The Morgan fingerprint density at radius 3 is 2.46 bits per heavy atom. The molecule has 0 N–H and O–H groups in total. The van der Waals surface area contributed by atoms with E-state index < -0.39 is 23.5 Å². The molecular weight excluding hydrogens is 359 g/mol. The summed E-state index contributed by atoms with van der Waals surface area (Å²) in [6.45, 7) is 0.579. The zero-order valence-electron chi connectivity index (χ0n) is 13.7. The number of halogens is 5. The second-order valence-corrected chi connectivity index (χ2v) is 5.72. The highest BCUT2D eigenvalue weighted by atomic mass is 19.4. The van der Waals surface area contributed by atoms with Gasteiger partial charge in [0.15, 0.2) is 5.65 Å². The molecule has 0 spiro atoms. The predicted octanol–water partition coefficient (Wildman–Crippen LogP) is 4.07. The van der Waals surface area contributed by atoms with Crippen LogP contribution in [0, 0.1) is 0 Å². The van der Waals surface area contributed by atoms with E-state index in [1.54, 1.807) is 0 Å². The van der Waals surface area contributed by atoms with Crippen LogP contribution in [0.5, 0.6) is 0 Å². The van der Waals surface area contributed by atoms with Crippen molar-refractivity contribution in [3.8, 4) is 11.3 Å². The van der Waals surface area contributed by atoms with Crippen molar-refractivity contribution in [2.75, 3.05) is 7.11 Å². The molecule has 2 heterocycles. The summed E-state index contributed by atoms with van der Waals surface area (Å²) in [6, 6.07) is 3.09. The number of hydrogen-bond donors (Lipinski definition) is 0. The summed E-state index contributed by atoms with van der Waals surface area (Å²) in [5.41, 5.74) is 0.0291. The third kappa shape index (κ3) is 3.36. The van der Waals surface area contributed by atoms with E-state index in [2.05, 4.69) is 15.2 Å². The minimum atomic E-state index is -4.51. The van der Waals surface area contributed by atoms with Crippen LogP contribution >= 0.6 is 0 Å². The van der Waals surface area contributed by atoms with E-state index in [1.165, 1.54) is 25.6 Å². The number of aromatic nitrogens is 4. The normalized spacial score (nSPS) is 12.7. The van der Waals surface area contributed by atoms with Gasteiger partial charge in [-0.1, -0.05) is 6.07 Å². The average Bonchev–Trinajstić information content (AvgIpc) is 2.97. The van der Waals surface area contributed by atoms with Crippen molar-refractivity contribution >= 4 is 5.65 Å². The minimum absolute atomic E-state index is 0.0993. The quantitative estimate of drug-likeness (QED) is 0.648. The summed E-state index contributed by atoms with van der Waals surface area (Å²) < 4.78 is 72.1. The summed E-state index contributed by atoms with van der Waals surface area (Å²) >= 11 is 0. The smallest absolute Gasteiger partial charge is 0.380 e. The van der Waals surface area contributed by atoms with Crippen molar-refractivity contribution in [1.82, 2.24) is 19.6 Å². The lowest BCUT2D eigenvalue weighted by Crippen LogP contribution is -2.12. The fourth-order valence-electron chi connectivity index (χ4n) is 2.53. The highest BCUT2D eigenvalue weighted by Gasteiger charge is 2.32. The molecule has 138 valence electrons. The van der Waals surface area contributed by atoms with Crippen LogP contribution in [0.25, 0.3) is 16.9 Å². The standard InChI is InChI=1S/C16H13F5N4O/c1-15(17,18)14-24-23-13-6-22-12(7-25(13)14)11-4-3-10(16(19,20)21)5-9(11)8-26-2/h3-7H,8H2,1-2H3. The van der Waals surface area contributed by atoms with E-state index in [-0.39, 0.29) is 23.5 Å². The summed E-state index contributed by atoms with van der Waals surface area (Å²) in [6.07, 6.45) is -2.01. The highest BCUT2D eigenvalue weighted by molar-refractivity contribution is 5.64. The summed E-state index contributed by atoms with van der Waals surface area (Å²) in [4.78, 5) is 4.10. The first-order valence-electron chi connectivity index (χ1n) is 7.40. The van der Waals surface area contributed by atoms with Crippen LogP contribution < -0.4 is 0 Å². The second kappa shape index (κ2) is 6.27. The molecule has 0 radical (unpaired) electrons. The Kier molecular flexibility index (Phi) is 4.39. The molecule has 0 saturated heterocycles. The first kappa shape index (κ1) is 18.2. The van der Waals surface area contributed by atoms with E-state index in [4.69, 9.17) is 4.74 Å². The number of benzene rings is 1. The van der Waals surface area contributed by atoms with Crippen LogP contribution in [0.15, 0.2) is 30.6 Å². The van der Waals surface area contributed by atoms with Crippen molar-refractivity contribution < 1.29 is 26.7 Å². The lowest BCUT2D eigenvalue weighted by Gasteiger charge is -2.14. The van der Waals surface area contributed by atoms with Gasteiger partial charge in [-0.25, -0.2) is 0 Å². The molecular formula is C16H13F5N4O. The predicted molar refractivity (Wildman–Crippen MR) is 81.5 cm³/mol. The summed E-state index contributed by atoms with van der Waals surface area (Å²) in [5.74, 6) is -3.83. The first-order chi connectivity index (χ1) is 12.1. The molecule has 10 heteroatoms. The van der Waals surface area contributed by atoms with Crippen LogP contribution in [0.4, 0.5) is 22.0 Å². The molecule has 0 saturated carbocycles. The van der Waals surface area contributed by atoms with Gasteiger partial charge in [-0.2, -0.15) is 22.0 Å². The van der Waals surface area contributed by atoms with Gasteiger partial charge in [0.1, 0.15) is 0 Å². The minimum Gasteiger partial charge on any atom is -0.380 e. The first-order valence-corrected chi connectivity index (χ1v) is 7.40. The Morgan fingerprint density at radius 1 is 1.12 bits per heavy atom. The summed E-state index contributed by atoms with van der Waals surface area (Å²) in [5, 5.41) is 7.08. The zero-order chi connectivity index (χ0) is 19.1. The van der Waals surface area contributed by atoms with Gasteiger partial charge in [0.2, 0.25) is 5.82 Å².